The number of nitrogens with zero attached hydrogens (tertiary/aromatic N) is 2. The second-order valence-corrected chi connectivity index (χ2v) is 9.12. The molecule has 0 bridgehead atoms. The Morgan fingerprint density at radius 3 is 2.44 bits per heavy atom. The highest BCUT2D eigenvalue weighted by Gasteiger charge is 2.38. The van der Waals surface area contributed by atoms with Crippen LogP contribution in [0.3, 0.4) is 0 Å². The molecule has 0 saturated carbocycles. The van der Waals surface area contributed by atoms with Gasteiger partial charge in [0.2, 0.25) is 11.8 Å². The van der Waals surface area contributed by atoms with Gasteiger partial charge in [0, 0.05) is 17.0 Å². The van der Waals surface area contributed by atoms with E-state index in [9.17, 15) is 5.11 Å². The molecule has 0 fully saturated rings. The summed E-state index contributed by atoms with van der Waals surface area (Å²) in [6, 6.07) is 33.6. The molecule has 2 heterocycles. The van der Waals surface area contributed by atoms with Crippen molar-refractivity contribution in [2.24, 2.45) is 4.99 Å². The van der Waals surface area contributed by atoms with Crippen LogP contribution in [0.25, 0.3) is 10.9 Å². The lowest BCUT2D eigenvalue weighted by Gasteiger charge is -2.18. The van der Waals surface area contributed by atoms with Gasteiger partial charge >= 0.3 is 0 Å². The highest BCUT2D eigenvalue weighted by Crippen LogP contribution is 2.46. The minimum atomic E-state index is -0.172. The largest absolute Gasteiger partial charge is 0.506 e. The standard InChI is InChI=1S/C31H22N2O3/c34-26-14-6-9-19-15-16-27(32-28(19)26)35-23-11-5-10-22(18-23)31-33-29-24-12-3-1-7-20(24)17-21-8-2-4-13-25(21)30(29)36-31/h1-16,18,29-30,34H,17H2/t29-,30-/m0/s1. The second kappa shape index (κ2) is 8.24. The number of fused-ring (bicyclic) bond motifs is 6. The Morgan fingerprint density at radius 1 is 0.778 bits per heavy atom. The number of hydrogen-bond acceptors (Lipinski definition) is 5. The Labute approximate surface area is 208 Å². The van der Waals surface area contributed by atoms with Gasteiger partial charge < -0.3 is 14.6 Å². The number of benzene rings is 4. The summed E-state index contributed by atoms with van der Waals surface area (Å²) >= 11 is 0. The molecule has 174 valence electrons. The zero-order valence-corrected chi connectivity index (χ0v) is 19.3. The number of aliphatic imine (C=N–C) groups is 1. The van der Waals surface area contributed by atoms with Crippen LogP contribution in [0.2, 0.25) is 0 Å². The molecule has 1 N–H and O–H groups in total. The van der Waals surface area contributed by atoms with Crippen molar-refractivity contribution < 1.29 is 14.6 Å². The number of phenolic OH excluding ortho intramolecular Hbond substituents is 1. The van der Waals surface area contributed by atoms with Crippen LogP contribution in [-0.2, 0) is 11.2 Å². The molecular weight excluding hydrogens is 448 g/mol. The van der Waals surface area contributed by atoms with Crippen molar-refractivity contribution in [1.82, 2.24) is 4.98 Å². The number of aromatic nitrogens is 1. The van der Waals surface area contributed by atoms with Crippen molar-refractivity contribution in [3.05, 3.63) is 131 Å². The maximum atomic E-state index is 10.2. The van der Waals surface area contributed by atoms with Crippen LogP contribution in [0.15, 0.2) is 108 Å². The Bertz CT molecular complexity index is 1660. The molecule has 1 aliphatic heterocycles. The molecule has 5 heteroatoms. The predicted molar refractivity (Wildman–Crippen MR) is 139 cm³/mol. The van der Waals surface area contributed by atoms with Crippen molar-refractivity contribution in [3.8, 4) is 17.4 Å². The van der Waals surface area contributed by atoms with E-state index in [4.69, 9.17) is 14.5 Å². The monoisotopic (exact) mass is 470 g/mol. The van der Waals surface area contributed by atoms with Gasteiger partial charge in [0.25, 0.3) is 0 Å². The van der Waals surface area contributed by atoms with Crippen LogP contribution in [-0.4, -0.2) is 16.0 Å². The summed E-state index contributed by atoms with van der Waals surface area (Å²) in [6.07, 6.45) is 0.708. The smallest absolute Gasteiger partial charge is 0.219 e. The van der Waals surface area contributed by atoms with E-state index >= 15 is 0 Å². The molecule has 1 aromatic heterocycles. The van der Waals surface area contributed by atoms with E-state index < -0.39 is 0 Å². The highest BCUT2D eigenvalue weighted by atomic mass is 16.5. The van der Waals surface area contributed by atoms with Crippen molar-refractivity contribution in [2.45, 2.75) is 18.6 Å². The van der Waals surface area contributed by atoms with Gasteiger partial charge in [-0.25, -0.2) is 9.98 Å². The Kier molecular flexibility index (Phi) is 4.74. The second-order valence-electron chi connectivity index (χ2n) is 9.12. The molecule has 7 rings (SSSR count). The lowest BCUT2D eigenvalue weighted by Crippen LogP contribution is -2.09. The molecule has 0 amide bonds. The van der Waals surface area contributed by atoms with Crippen molar-refractivity contribution in [3.63, 3.8) is 0 Å². The number of ether oxygens (including phenoxy) is 2. The van der Waals surface area contributed by atoms with Crippen LogP contribution in [0.1, 0.15) is 40.0 Å². The Morgan fingerprint density at radius 2 is 1.56 bits per heavy atom. The van der Waals surface area contributed by atoms with Gasteiger partial charge in [-0.1, -0.05) is 66.7 Å². The number of phenols is 1. The molecule has 0 unspecified atom stereocenters. The molecular formula is C31H22N2O3. The van der Waals surface area contributed by atoms with Gasteiger partial charge in [-0.3, -0.25) is 0 Å². The fraction of sp³-hybridized carbons (Fsp3) is 0.0968. The zero-order valence-electron chi connectivity index (χ0n) is 19.3. The summed E-state index contributed by atoms with van der Waals surface area (Å²) in [6.45, 7) is 0. The van der Waals surface area contributed by atoms with E-state index in [1.165, 1.54) is 22.3 Å². The van der Waals surface area contributed by atoms with Crippen LogP contribution in [0.5, 0.6) is 17.4 Å². The summed E-state index contributed by atoms with van der Waals surface area (Å²) in [5.74, 6) is 1.75. The van der Waals surface area contributed by atoms with E-state index in [0.29, 0.717) is 23.0 Å². The summed E-state index contributed by atoms with van der Waals surface area (Å²) in [5, 5.41) is 11.0. The summed E-state index contributed by atoms with van der Waals surface area (Å²) in [7, 11) is 0. The fourth-order valence-corrected chi connectivity index (χ4v) is 5.16. The first-order valence-electron chi connectivity index (χ1n) is 12.0. The minimum Gasteiger partial charge on any atom is -0.506 e. The van der Waals surface area contributed by atoms with Crippen LogP contribution >= 0.6 is 0 Å². The fourth-order valence-electron chi connectivity index (χ4n) is 5.16. The number of hydrogen-bond donors (Lipinski definition) is 1. The van der Waals surface area contributed by atoms with Crippen LogP contribution in [0.4, 0.5) is 0 Å². The molecule has 5 nitrogen and oxygen atoms in total. The third kappa shape index (κ3) is 3.48. The van der Waals surface area contributed by atoms with E-state index in [1.807, 2.05) is 36.4 Å². The molecule has 0 spiro atoms. The first kappa shape index (κ1) is 20.7. The van der Waals surface area contributed by atoms with Gasteiger partial charge in [-0.05, 0) is 59.0 Å². The van der Waals surface area contributed by atoms with Crippen molar-refractivity contribution >= 4 is 16.8 Å². The number of pyridine rings is 1. The SMILES string of the molecule is Oc1cccc2ccc(Oc3cccc(C4=N[C@H]5c6ccccc6Cc6ccccc6[C@@H]5O4)c3)nc12. The van der Waals surface area contributed by atoms with E-state index in [1.54, 1.807) is 18.2 Å². The number of aromatic hydroxyl groups is 1. The van der Waals surface area contributed by atoms with Gasteiger partial charge in [0.05, 0.1) is 0 Å². The molecule has 0 saturated heterocycles. The maximum Gasteiger partial charge on any atom is 0.219 e. The lowest BCUT2D eigenvalue weighted by molar-refractivity contribution is 0.197. The summed E-state index contributed by atoms with van der Waals surface area (Å²) in [5.41, 5.74) is 6.31. The number of para-hydroxylation sites is 1. The van der Waals surface area contributed by atoms with Crippen molar-refractivity contribution in [1.29, 1.82) is 0 Å². The Hall–Kier alpha value is -4.64. The highest BCUT2D eigenvalue weighted by molar-refractivity contribution is 5.96. The molecule has 4 aromatic carbocycles. The first-order valence-corrected chi connectivity index (χ1v) is 12.0. The molecule has 0 radical (unpaired) electrons. The predicted octanol–water partition coefficient (Wildman–Crippen LogP) is 6.90. The molecule has 2 atom stereocenters. The van der Waals surface area contributed by atoms with Gasteiger partial charge in [-0.2, -0.15) is 0 Å². The molecule has 5 aromatic rings. The normalized spacial score (nSPS) is 17.8. The van der Waals surface area contributed by atoms with E-state index in [0.717, 1.165) is 17.4 Å². The van der Waals surface area contributed by atoms with Crippen molar-refractivity contribution in [2.75, 3.05) is 0 Å². The third-order valence-electron chi connectivity index (χ3n) is 6.87. The molecule has 36 heavy (non-hydrogen) atoms. The maximum absolute atomic E-state index is 10.2. The minimum absolute atomic E-state index is 0.102. The van der Waals surface area contributed by atoms with Crippen LogP contribution < -0.4 is 4.74 Å². The quantitative estimate of drug-likeness (QED) is 0.312. The van der Waals surface area contributed by atoms with E-state index in [-0.39, 0.29) is 17.9 Å². The van der Waals surface area contributed by atoms with Crippen LogP contribution in [0, 0.1) is 0 Å². The van der Waals surface area contributed by atoms with Gasteiger partial charge in [0.1, 0.15) is 23.1 Å². The summed E-state index contributed by atoms with van der Waals surface area (Å²) in [4.78, 5) is 9.55. The summed E-state index contributed by atoms with van der Waals surface area (Å²) < 4.78 is 12.6. The molecule has 1 aliphatic carbocycles. The van der Waals surface area contributed by atoms with Gasteiger partial charge in [-0.15, -0.1) is 0 Å². The topological polar surface area (TPSA) is 63.9 Å². The third-order valence-corrected chi connectivity index (χ3v) is 6.87. The Balaban J connectivity index is 1.24. The first-order chi connectivity index (χ1) is 17.7. The average molecular weight is 471 g/mol. The van der Waals surface area contributed by atoms with E-state index in [2.05, 4.69) is 53.5 Å². The number of rotatable bonds is 3. The van der Waals surface area contributed by atoms with Gasteiger partial charge in [0.15, 0.2) is 6.10 Å². The lowest BCUT2D eigenvalue weighted by atomic mass is 9.97. The zero-order chi connectivity index (χ0) is 24.1. The average Bonchev–Trinajstić information content (AvgIpc) is 3.30. The molecule has 2 aliphatic rings.